The maximum Gasteiger partial charge on any atom is 0.204 e. The van der Waals surface area contributed by atoms with E-state index >= 15 is 0 Å². The Morgan fingerprint density at radius 1 is 1.33 bits per heavy atom. The van der Waals surface area contributed by atoms with Crippen LogP contribution in [0.15, 0.2) is 6.33 Å². The lowest BCUT2D eigenvalue weighted by Crippen LogP contribution is -2.35. The Balaban J connectivity index is 1.98. The van der Waals surface area contributed by atoms with E-state index in [1.807, 2.05) is 0 Å². The number of piperidine rings is 1. The Hall–Kier alpha value is -1.56. The zero-order valence-electron chi connectivity index (χ0n) is 13.4. The molecule has 0 radical (unpaired) electrons. The van der Waals surface area contributed by atoms with E-state index in [1.54, 1.807) is 13.4 Å². The van der Waals surface area contributed by atoms with Gasteiger partial charge in [0.1, 0.15) is 6.33 Å². The predicted octanol–water partition coefficient (Wildman–Crippen LogP) is 2.06. The fourth-order valence-corrected chi connectivity index (χ4v) is 2.74. The van der Waals surface area contributed by atoms with Crippen molar-refractivity contribution in [3.05, 3.63) is 6.33 Å². The molecule has 6 heteroatoms. The molecule has 1 aromatic rings. The van der Waals surface area contributed by atoms with Crippen LogP contribution in [-0.4, -0.2) is 55.2 Å². The number of likely N-dealkylation sites (tertiary alicyclic amines) is 1. The number of nitrogens with zero attached hydrogens (tertiary/aromatic N) is 3. The lowest BCUT2D eigenvalue weighted by atomic mass is 9.98. The maximum absolute atomic E-state index is 5.47. The summed E-state index contributed by atoms with van der Waals surface area (Å²) in [5, 5.41) is 6.70. The molecule has 1 aliphatic heterocycles. The first-order valence-electron chi connectivity index (χ1n) is 7.79. The second-order valence-electron chi connectivity index (χ2n) is 5.68. The van der Waals surface area contributed by atoms with Gasteiger partial charge in [-0.15, -0.1) is 0 Å². The van der Waals surface area contributed by atoms with E-state index in [9.17, 15) is 0 Å². The van der Waals surface area contributed by atoms with Crippen molar-refractivity contribution < 1.29 is 4.74 Å². The van der Waals surface area contributed by atoms with Crippen LogP contribution >= 0.6 is 0 Å². The highest BCUT2D eigenvalue weighted by atomic mass is 16.5. The highest BCUT2D eigenvalue weighted by molar-refractivity contribution is 5.63. The minimum absolute atomic E-state index is 0.662. The molecule has 21 heavy (non-hydrogen) atoms. The Labute approximate surface area is 127 Å². The van der Waals surface area contributed by atoms with Gasteiger partial charge in [0.05, 0.1) is 7.11 Å². The minimum atomic E-state index is 0.662. The monoisotopic (exact) mass is 293 g/mol. The molecule has 0 amide bonds. The minimum Gasteiger partial charge on any atom is -0.490 e. The van der Waals surface area contributed by atoms with E-state index in [2.05, 4.69) is 39.5 Å². The van der Waals surface area contributed by atoms with E-state index in [-0.39, 0.29) is 0 Å². The molecule has 6 nitrogen and oxygen atoms in total. The standard InChI is InChI=1S/C15H27N5O/c1-4-7-16-14-13(21-3)15(19-11-18-14)17-9-12-6-5-8-20(2)10-12/h11-12H,4-10H2,1-3H3,(H2,16,17,18,19). The summed E-state index contributed by atoms with van der Waals surface area (Å²) in [4.78, 5) is 11.0. The Morgan fingerprint density at radius 2 is 2.10 bits per heavy atom. The van der Waals surface area contributed by atoms with Gasteiger partial charge in [-0.1, -0.05) is 6.92 Å². The second-order valence-corrected chi connectivity index (χ2v) is 5.68. The number of ether oxygens (including phenoxy) is 1. The lowest BCUT2D eigenvalue weighted by Gasteiger charge is -2.30. The molecule has 1 atom stereocenters. The van der Waals surface area contributed by atoms with E-state index in [1.165, 1.54) is 19.4 Å². The van der Waals surface area contributed by atoms with Crippen molar-refractivity contribution in [2.45, 2.75) is 26.2 Å². The first-order valence-corrected chi connectivity index (χ1v) is 7.79. The van der Waals surface area contributed by atoms with Gasteiger partial charge in [-0.05, 0) is 38.8 Å². The van der Waals surface area contributed by atoms with Crippen molar-refractivity contribution in [2.24, 2.45) is 5.92 Å². The average Bonchev–Trinajstić information content (AvgIpc) is 2.50. The van der Waals surface area contributed by atoms with E-state index < -0.39 is 0 Å². The van der Waals surface area contributed by atoms with Crippen LogP contribution in [0.3, 0.4) is 0 Å². The van der Waals surface area contributed by atoms with Crippen LogP contribution in [0, 0.1) is 5.92 Å². The number of anilines is 2. The largest absolute Gasteiger partial charge is 0.490 e. The van der Waals surface area contributed by atoms with Crippen molar-refractivity contribution >= 4 is 11.6 Å². The molecular weight excluding hydrogens is 266 g/mol. The van der Waals surface area contributed by atoms with Gasteiger partial charge in [-0.3, -0.25) is 0 Å². The van der Waals surface area contributed by atoms with Gasteiger partial charge >= 0.3 is 0 Å². The van der Waals surface area contributed by atoms with Crippen molar-refractivity contribution in [3.63, 3.8) is 0 Å². The zero-order valence-corrected chi connectivity index (χ0v) is 13.4. The van der Waals surface area contributed by atoms with E-state index in [4.69, 9.17) is 4.74 Å². The molecule has 1 unspecified atom stereocenters. The highest BCUT2D eigenvalue weighted by Gasteiger charge is 2.18. The van der Waals surface area contributed by atoms with Crippen molar-refractivity contribution in [3.8, 4) is 5.75 Å². The van der Waals surface area contributed by atoms with Gasteiger partial charge in [0.2, 0.25) is 5.75 Å². The summed E-state index contributed by atoms with van der Waals surface area (Å²) >= 11 is 0. The Bertz CT molecular complexity index is 440. The summed E-state index contributed by atoms with van der Waals surface area (Å²) in [5.41, 5.74) is 0. The van der Waals surface area contributed by atoms with Crippen LogP contribution in [0.1, 0.15) is 26.2 Å². The van der Waals surface area contributed by atoms with Gasteiger partial charge in [-0.2, -0.15) is 0 Å². The first-order chi connectivity index (χ1) is 10.2. The third-order valence-electron chi connectivity index (χ3n) is 3.83. The van der Waals surface area contributed by atoms with Crippen molar-refractivity contribution in [1.82, 2.24) is 14.9 Å². The summed E-state index contributed by atoms with van der Waals surface area (Å²) in [6.45, 7) is 6.27. The molecule has 0 aromatic carbocycles. The molecule has 0 saturated carbocycles. The molecule has 2 heterocycles. The van der Waals surface area contributed by atoms with Gasteiger partial charge < -0.3 is 20.3 Å². The summed E-state index contributed by atoms with van der Waals surface area (Å²) < 4.78 is 5.47. The van der Waals surface area contributed by atoms with Gasteiger partial charge in [0.25, 0.3) is 0 Å². The number of rotatable bonds is 7. The van der Waals surface area contributed by atoms with E-state index in [0.717, 1.165) is 37.7 Å². The lowest BCUT2D eigenvalue weighted by molar-refractivity contribution is 0.217. The molecule has 1 saturated heterocycles. The van der Waals surface area contributed by atoms with Crippen LogP contribution in [0.5, 0.6) is 5.75 Å². The van der Waals surface area contributed by atoms with Gasteiger partial charge in [-0.25, -0.2) is 9.97 Å². The third kappa shape index (κ3) is 4.46. The highest BCUT2D eigenvalue weighted by Crippen LogP contribution is 2.29. The number of aromatic nitrogens is 2. The quantitative estimate of drug-likeness (QED) is 0.802. The summed E-state index contributed by atoms with van der Waals surface area (Å²) in [6, 6.07) is 0. The topological polar surface area (TPSA) is 62.3 Å². The molecule has 0 bridgehead atoms. The molecule has 0 aliphatic carbocycles. The molecule has 1 fully saturated rings. The van der Waals surface area contributed by atoms with Crippen LogP contribution in [0.25, 0.3) is 0 Å². The molecule has 1 aromatic heterocycles. The summed E-state index contributed by atoms with van der Waals surface area (Å²) in [7, 11) is 3.85. The van der Waals surface area contributed by atoms with Crippen molar-refractivity contribution in [1.29, 1.82) is 0 Å². The van der Waals surface area contributed by atoms with Crippen LogP contribution in [0.2, 0.25) is 0 Å². The van der Waals surface area contributed by atoms with Gasteiger partial charge in [0, 0.05) is 19.6 Å². The maximum atomic E-state index is 5.47. The fraction of sp³-hybridized carbons (Fsp3) is 0.733. The predicted molar refractivity (Wildman–Crippen MR) is 86.1 cm³/mol. The van der Waals surface area contributed by atoms with Crippen LogP contribution < -0.4 is 15.4 Å². The molecule has 0 spiro atoms. The SMILES string of the molecule is CCCNc1ncnc(NCC2CCCN(C)C2)c1OC. The third-order valence-corrected chi connectivity index (χ3v) is 3.83. The van der Waals surface area contributed by atoms with Crippen molar-refractivity contribution in [2.75, 3.05) is 51.0 Å². The number of methoxy groups -OCH3 is 1. The number of nitrogens with one attached hydrogen (secondary N) is 2. The number of hydrogen-bond acceptors (Lipinski definition) is 6. The fourth-order valence-electron chi connectivity index (χ4n) is 2.74. The molecule has 1 aliphatic rings. The Morgan fingerprint density at radius 3 is 2.76 bits per heavy atom. The number of hydrogen-bond donors (Lipinski definition) is 2. The molecular formula is C15H27N5O. The van der Waals surface area contributed by atoms with E-state index in [0.29, 0.717) is 11.7 Å². The normalized spacial score (nSPS) is 19.3. The van der Waals surface area contributed by atoms with Crippen LogP contribution in [-0.2, 0) is 0 Å². The zero-order chi connectivity index (χ0) is 15.1. The van der Waals surface area contributed by atoms with Gasteiger partial charge in [0.15, 0.2) is 11.6 Å². The summed E-state index contributed by atoms with van der Waals surface area (Å²) in [5.74, 6) is 2.91. The smallest absolute Gasteiger partial charge is 0.204 e. The molecule has 118 valence electrons. The van der Waals surface area contributed by atoms with Crippen LogP contribution in [0.4, 0.5) is 11.6 Å². The molecule has 2 N–H and O–H groups in total. The average molecular weight is 293 g/mol. The summed E-state index contributed by atoms with van der Waals surface area (Å²) in [6.07, 6.45) is 5.17. The second kappa shape index (κ2) is 8.02. The Kier molecular flexibility index (Phi) is 6.04. The molecule has 2 rings (SSSR count). The first kappa shape index (κ1) is 15.8.